The van der Waals surface area contributed by atoms with Gasteiger partial charge in [0.1, 0.15) is 11.9 Å². The highest BCUT2D eigenvalue weighted by molar-refractivity contribution is 5.91. The lowest BCUT2D eigenvalue weighted by Gasteiger charge is -2.24. The van der Waals surface area contributed by atoms with Gasteiger partial charge in [-0.05, 0) is 55.9 Å². The van der Waals surface area contributed by atoms with Crippen molar-refractivity contribution in [3.8, 4) is 0 Å². The van der Waals surface area contributed by atoms with Crippen LogP contribution in [0.15, 0.2) is 11.1 Å². The standard InChI is InChI=1S/C15H20O3/c1-8(16)4-5-11-12-6-10-9(2)14(17)18-13(10)7-15(11,12)3/h11-13H,4-7H2,1-3H3. The fourth-order valence-corrected chi connectivity index (χ4v) is 4.08. The molecule has 0 bridgehead atoms. The van der Waals surface area contributed by atoms with Crippen LogP contribution in [0.5, 0.6) is 0 Å². The van der Waals surface area contributed by atoms with Gasteiger partial charge in [0.2, 0.25) is 0 Å². The molecule has 0 aromatic carbocycles. The summed E-state index contributed by atoms with van der Waals surface area (Å²) in [6.07, 6.45) is 3.68. The molecule has 4 atom stereocenters. The number of hydrogen-bond donors (Lipinski definition) is 0. The maximum Gasteiger partial charge on any atom is 0.334 e. The molecule has 0 amide bonds. The Labute approximate surface area is 108 Å². The van der Waals surface area contributed by atoms with Gasteiger partial charge < -0.3 is 9.53 Å². The molecule has 2 saturated carbocycles. The summed E-state index contributed by atoms with van der Waals surface area (Å²) >= 11 is 0. The van der Waals surface area contributed by atoms with E-state index in [1.54, 1.807) is 6.92 Å². The first kappa shape index (κ1) is 11.9. The van der Waals surface area contributed by atoms with E-state index < -0.39 is 0 Å². The highest BCUT2D eigenvalue weighted by atomic mass is 16.5. The lowest BCUT2D eigenvalue weighted by Crippen LogP contribution is -2.22. The van der Waals surface area contributed by atoms with Gasteiger partial charge in [-0.15, -0.1) is 0 Å². The molecule has 98 valence electrons. The number of rotatable bonds is 3. The molecule has 0 aromatic rings. The third kappa shape index (κ3) is 1.56. The smallest absolute Gasteiger partial charge is 0.334 e. The Morgan fingerprint density at radius 1 is 1.50 bits per heavy atom. The number of hydrogen-bond acceptors (Lipinski definition) is 3. The summed E-state index contributed by atoms with van der Waals surface area (Å²) in [4.78, 5) is 22.6. The average molecular weight is 248 g/mol. The van der Waals surface area contributed by atoms with Crippen molar-refractivity contribution in [2.45, 2.75) is 52.6 Å². The second kappa shape index (κ2) is 3.69. The van der Waals surface area contributed by atoms with E-state index in [0.29, 0.717) is 23.7 Å². The van der Waals surface area contributed by atoms with Gasteiger partial charge in [-0.3, -0.25) is 0 Å². The van der Waals surface area contributed by atoms with Gasteiger partial charge >= 0.3 is 5.97 Å². The first-order valence-corrected chi connectivity index (χ1v) is 6.83. The van der Waals surface area contributed by atoms with E-state index in [1.807, 2.05) is 6.92 Å². The minimum atomic E-state index is -0.125. The third-order valence-corrected chi connectivity index (χ3v) is 5.37. The summed E-state index contributed by atoms with van der Waals surface area (Å²) in [5.74, 6) is 1.46. The predicted molar refractivity (Wildman–Crippen MR) is 66.8 cm³/mol. The number of ether oxygens (including phenoxy) is 1. The van der Waals surface area contributed by atoms with E-state index >= 15 is 0 Å². The highest BCUT2D eigenvalue weighted by Gasteiger charge is 2.64. The van der Waals surface area contributed by atoms with Crippen molar-refractivity contribution in [1.82, 2.24) is 0 Å². The van der Waals surface area contributed by atoms with Crippen molar-refractivity contribution >= 4 is 11.8 Å². The molecule has 18 heavy (non-hydrogen) atoms. The first-order valence-electron chi connectivity index (χ1n) is 6.83. The van der Waals surface area contributed by atoms with Gasteiger partial charge in [-0.2, -0.15) is 0 Å². The van der Waals surface area contributed by atoms with E-state index in [4.69, 9.17) is 4.74 Å². The SMILES string of the molecule is CC(=O)CCC1C2CC3=C(C)C(=O)OC3CC12C. The summed E-state index contributed by atoms with van der Waals surface area (Å²) in [7, 11) is 0. The molecule has 0 N–H and O–H groups in total. The van der Waals surface area contributed by atoms with Crippen molar-refractivity contribution in [3.63, 3.8) is 0 Å². The summed E-state index contributed by atoms with van der Waals surface area (Å²) in [6, 6.07) is 0. The van der Waals surface area contributed by atoms with Gasteiger partial charge in [0.25, 0.3) is 0 Å². The Bertz CT molecular complexity index is 462. The van der Waals surface area contributed by atoms with E-state index in [2.05, 4.69) is 6.92 Å². The Morgan fingerprint density at radius 2 is 2.22 bits per heavy atom. The molecule has 3 aliphatic rings. The van der Waals surface area contributed by atoms with Crippen LogP contribution in [0, 0.1) is 17.3 Å². The van der Waals surface area contributed by atoms with Gasteiger partial charge in [-0.25, -0.2) is 4.79 Å². The first-order chi connectivity index (χ1) is 8.43. The molecule has 3 rings (SSSR count). The quantitative estimate of drug-likeness (QED) is 0.721. The van der Waals surface area contributed by atoms with Gasteiger partial charge in [-0.1, -0.05) is 6.92 Å². The van der Waals surface area contributed by atoms with Crippen LogP contribution in [0.2, 0.25) is 0 Å². The third-order valence-electron chi connectivity index (χ3n) is 5.37. The van der Waals surface area contributed by atoms with Crippen LogP contribution in [-0.4, -0.2) is 17.9 Å². The summed E-state index contributed by atoms with van der Waals surface area (Å²) in [5.41, 5.74) is 2.36. The Morgan fingerprint density at radius 3 is 2.89 bits per heavy atom. The fourth-order valence-electron chi connectivity index (χ4n) is 4.08. The van der Waals surface area contributed by atoms with Crippen LogP contribution < -0.4 is 0 Å². The topological polar surface area (TPSA) is 43.4 Å². The molecule has 0 saturated heterocycles. The van der Waals surface area contributed by atoms with Gasteiger partial charge in [0.15, 0.2) is 0 Å². The molecule has 1 aliphatic heterocycles. The summed E-state index contributed by atoms with van der Waals surface area (Å²) in [5, 5.41) is 0. The number of esters is 1. The molecule has 0 spiro atoms. The summed E-state index contributed by atoms with van der Waals surface area (Å²) in [6.45, 7) is 5.84. The molecule has 3 nitrogen and oxygen atoms in total. The molecule has 2 aliphatic carbocycles. The van der Waals surface area contributed by atoms with Crippen LogP contribution in [0.3, 0.4) is 0 Å². The fraction of sp³-hybridized carbons (Fsp3) is 0.733. The van der Waals surface area contributed by atoms with Gasteiger partial charge in [0, 0.05) is 12.0 Å². The van der Waals surface area contributed by atoms with Crippen LogP contribution in [0.4, 0.5) is 0 Å². The van der Waals surface area contributed by atoms with Crippen molar-refractivity contribution in [2.24, 2.45) is 17.3 Å². The van der Waals surface area contributed by atoms with Gasteiger partial charge in [0.05, 0.1) is 0 Å². The molecular formula is C15H20O3. The van der Waals surface area contributed by atoms with Crippen molar-refractivity contribution < 1.29 is 14.3 Å². The molecule has 4 unspecified atom stereocenters. The predicted octanol–water partition coefficient (Wildman–Crippen LogP) is 2.64. The molecule has 2 fully saturated rings. The van der Waals surface area contributed by atoms with E-state index in [0.717, 1.165) is 24.8 Å². The van der Waals surface area contributed by atoms with Crippen molar-refractivity contribution in [2.75, 3.05) is 0 Å². The molecule has 1 heterocycles. The number of fused-ring (bicyclic) bond motifs is 2. The maximum atomic E-state index is 11.5. The van der Waals surface area contributed by atoms with Crippen molar-refractivity contribution in [3.05, 3.63) is 11.1 Å². The molecule has 3 heteroatoms. The lowest BCUT2D eigenvalue weighted by molar-refractivity contribution is -0.140. The number of carbonyl (C=O) groups excluding carboxylic acids is 2. The summed E-state index contributed by atoms with van der Waals surface area (Å²) < 4.78 is 5.43. The van der Waals surface area contributed by atoms with Crippen LogP contribution in [0.25, 0.3) is 0 Å². The zero-order valence-corrected chi connectivity index (χ0v) is 11.3. The average Bonchev–Trinajstić information content (AvgIpc) is 2.77. The molecule has 0 radical (unpaired) electrons. The Kier molecular flexibility index (Phi) is 2.45. The lowest BCUT2D eigenvalue weighted by atomic mass is 9.83. The molecule has 0 aromatic heterocycles. The van der Waals surface area contributed by atoms with E-state index in [1.165, 1.54) is 5.57 Å². The number of Topliss-reactive ketones (excluding diaryl/α,β-unsaturated/α-hetero) is 1. The second-order valence-corrected chi connectivity index (χ2v) is 6.41. The highest BCUT2D eigenvalue weighted by Crippen LogP contribution is 2.69. The van der Waals surface area contributed by atoms with Crippen LogP contribution in [0.1, 0.15) is 46.5 Å². The minimum absolute atomic E-state index is 0.0288. The molecular weight excluding hydrogens is 228 g/mol. The van der Waals surface area contributed by atoms with Crippen LogP contribution in [-0.2, 0) is 14.3 Å². The Balaban J connectivity index is 1.74. The largest absolute Gasteiger partial charge is 0.454 e. The number of carbonyl (C=O) groups is 2. The monoisotopic (exact) mass is 248 g/mol. The normalized spacial score (nSPS) is 41.3. The van der Waals surface area contributed by atoms with E-state index in [-0.39, 0.29) is 17.9 Å². The minimum Gasteiger partial charge on any atom is -0.454 e. The van der Waals surface area contributed by atoms with E-state index in [9.17, 15) is 9.59 Å². The number of ketones is 1. The zero-order chi connectivity index (χ0) is 13.1. The Hall–Kier alpha value is -1.12. The second-order valence-electron chi connectivity index (χ2n) is 6.41. The van der Waals surface area contributed by atoms with Crippen LogP contribution >= 0.6 is 0 Å². The maximum absolute atomic E-state index is 11.5. The zero-order valence-electron chi connectivity index (χ0n) is 11.3. The van der Waals surface area contributed by atoms with Crippen molar-refractivity contribution in [1.29, 1.82) is 0 Å².